The Morgan fingerprint density at radius 2 is 2.21 bits per heavy atom. The third-order valence-corrected chi connectivity index (χ3v) is 4.79. The summed E-state index contributed by atoms with van der Waals surface area (Å²) >= 11 is 6.73. The van der Waals surface area contributed by atoms with Gasteiger partial charge >= 0.3 is 0 Å². The van der Waals surface area contributed by atoms with Crippen LogP contribution < -0.4 is 0 Å². The molecule has 2 aromatic rings. The molecular formula is C9H7BrN2S2. The highest BCUT2D eigenvalue weighted by Gasteiger charge is 2.07. The fourth-order valence-corrected chi connectivity index (χ4v) is 3.01. The Labute approximate surface area is 98.9 Å². The SMILES string of the molecule is Cc1ccnc(Sc2nccs2)c1Br. The fraction of sp³-hybridized carbons (Fsp3) is 0.111. The zero-order chi connectivity index (χ0) is 9.97. The lowest BCUT2D eigenvalue weighted by molar-refractivity contribution is 1.08. The molecule has 0 N–H and O–H groups in total. The van der Waals surface area contributed by atoms with Crippen LogP contribution in [0.4, 0.5) is 0 Å². The van der Waals surface area contributed by atoms with Gasteiger partial charge in [0.1, 0.15) is 5.03 Å². The second-order valence-electron chi connectivity index (χ2n) is 2.65. The van der Waals surface area contributed by atoms with Crippen LogP contribution in [-0.4, -0.2) is 9.97 Å². The first-order valence-corrected chi connectivity index (χ1v) is 6.45. The van der Waals surface area contributed by atoms with Gasteiger partial charge < -0.3 is 0 Å². The molecule has 0 radical (unpaired) electrons. The Balaban J connectivity index is 2.29. The Kier molecular flexibility index (Phi) is 3.20. The van der Waals surface area contributed by atoms with Crippen molar-refractivity contribution in [1.29, 1.82) is 0 Å². The molecule has 0 unspecified atom stereocenters. The van der Waals surface area contributed by atoms with Crippen LogP contribution >= 0.6 is 39.0 Å². The first-order chi connectivity index (χ1) is 6.77. The molecule has 2 aromatic heterocycles. The molecule has 0 bridgehead atoms. The van der Waals surface area contributed by atoms with Gasteiger partial charge in [0.25, 0.3) is 0 Å². The minimum Gasteiger partial charge on any atom is -0.248 e. The molecule has 0 aromatic carbocycles. The molecule has 2 heterocycles. The number of pyridine rings is 1. The smallest absolute Gasteiger partial charge is 0.156 e. The van der Waals surface area contributed by atoms with Crippen LogP contribution in [0, 0.1) is 6.92 Å². The highest BCUT2D eigenvalue weighted by Crippen LogP contribution is 2.33. The van der Waals surface area contributed by atoms with Crippen LogP contribution in [0.25, 0.3) is 0 Å². The maximum atomic E-state index is 4.30. The first-order valence-electron chi connectivity index (χ1n) is 3.96. The Morgan fingerprint density at radius 1 is 1.36 bits per heavy atom. The maximum Gasteiger partial charge on any atom is 0.156 e. The molecule has 0 spiro atoms. The standard InChI is InChI=1S/C9H7BrN2S2/c1-6-2-3-11-8(7(6)10)14-9-12-4-5-13-9/h2-5H,1H3. The van der Waals surface area contributed by atoms with Crippen molar-refractivity contribution in [3.63, 3.8) is 0 Å². The monoisotopic (exact) mass is 286 g/mol. The van der Waals surface area contributed by atoms with Gasteiger partial charge in [0, 0.05) is 17.8 Å². The Hall–Kier alpha value is -0.390. The van der Waals surface area contributed by atoms with Gasteiger partial charge in [0.05, 0.1) is 4.47 Å². The Morgan fingerprint density at radius 3 is 2.93 bits per heavy atom. The van der Waals surface area contributed by atoms with E-state index in [4.69, 9.17) is 0 Å². The lowest BCUT2D eigenvalue weighted by atomic mass is 10.3. The van der Waals surface area contributed by atoms with Crippen LogP contribution in [0.1, 0.15) is 5.56 Å². The summed E-state index contributed by atoms with van der Waals surface area (Å²) in [6.07, 6.45) is 3.62. The first kappa shape index (κ1) is 10.1. The molecule has 0 fully saturated rings. The average Bonchev–Trinajstić information content (AvgIpc) is 2.66. The molecule has 0 saturated carbocycles. The lowest BCUT2D eigenvalue weighted by Crippen LogP contribution is -1.84. The largest absolute Gasteiger partial charge is 0.248 e. The number of aromatic nitrogens is 2. The van der Waals surface area contributed by atoms with E-state index < -0.39 is 0 Å². The second kappa shape index (κ2) is 4.42. The minimum atomic E-state index is 0.972. The van der Waals surface area contributed by atoms with Gasteiger partial charge in [-0.25, -0.2) is 9.97 Å². The van der Waals surface area contributed by atoms with E-state index in [2.05, 4.69) is 32.8 Å². The summed E-state index contributed by atoms with van der Waals surface area (Å²) in [5.74, 6) is 0. The number of thiazole rings is 1. The summed E-state index contributed by atoms with van der Waals surface area (Å²) in [4.78, 5) is 8.50. The van der Waals surface area contributed by atoms with E-state index in [0.717, 1.165) is 13.8 Å². The molecule has 2 rings (SSSR count). The van der Waals surface area contributed by atoms with E-state index in [9.17, 15) is 0 Å². The van der Waals surface area contributed by atoms with Gasteiger partial charge in [-0.15, -0.1) is 11.3 Å². The van der Waals surface area contributed by atoms with Crippen LogP contribution in [0.5, 0.6) is 0 Å². The van der Waals surface area contributed by atoms with Crippen molar-refractivity contribution >= 4 is 39.0 Å². The van der Waals surface area contributed by atoms with E-state index >= 15 is 0 Å². The summed E-state index contributed by atoms with van der Waals surface area (Å²) in [5.41, 5.74) is 1.19. The minimum absolute atomic E-state index is 0.972. The molecule has 0 atom stereocenters. The van der Waals surface area contributed by atoms with E-state index in [-0.39, 0.29) is 0 Å². The predicted molar refractivity (Wildman–Crippen MR) is 62.9 cm³/mol. The molecular weight excluding hydrogens is 280 g/mol. The third-order valence-electron chi connectivity index (χ3n) is 1.64. The molecule has 0 aliphatic carbocycles. The van der Waals surface area contributed by atoms with Gasteiger partial charge in [0.2, 0.25) is 0 Å². The summed E-state index contributed by atoms with van der Waals surface area (Å²) in [6, 6.07) is 1.98. The molecule has 5 heteroatoms. The van der Waals surface area contributed by atoms with Crippen LogP contribution in [0.3, 0.4) is 0 Å². The Bertz CT molecular complexity index is 428. The number of rotatable bonds is 2. The van der Waals surface area contributed by atoms with Crippen LogP contribution in [0.2, 0.25) is 0 Å². The quantitative estimate of drug-likeness (QED) is 0.841. The van der Waals surface area contributed by atoms with E-state index in [1.165, 1.54) is 5.56 Å². The van der Waals surface area contributed by atoms with Crippen molar-refractivity contribution in [2.75, 3.05) is 0 Å². The summed E-state index contributed by atoms with van der Waals surface area (Å²) in [5, 5.41) is 2.94. The zero-order valence-corrected chi connectivity index (χ0v) is 10.6. The topological polar surface area (TPSA) is 25.8 Å². The highest BCUT2D eigenvalue weighted by atomic mass is 79.9. The highest BCUT2D eigenvalue weighted by molar-refractivity contribution is 9.10. The van der Waals surface area contributed by atoms with E-state index in [1.807, 2.05) is 17.6 Å². The number of halogens is 1. The number of nitrogens with zero attached hydrogens (tertiary/aromatic N) is 2. The van der Waals surface area contributed by atoms with E-state index in [0.29, 0.717) is 0 Å². The molecule has 0 aliphatic heterocycles. The van der Waals surface area contributed by atoms with Gasteiger partial charge in [-0.2, -0.15) is 0 Å². The van der Waals surface area contributed by atoms with Gasteiger partial charge in [-0.3, -0.25) is 0 Å². The summed E-state index contributed by atoms with van der Waals surface area (Å²) < 4.78 is 2.07. The van der Waals surface area contributed by atoms with Crippen molar-refractivity contribution in [2.45, 2.75) is 16.3 Å². The number of aryl methyl sites for hydroxylation is 1. The zero-order valence-electron chi connectivity index (χ0n) is 7.40. The lowest BCUT2D eigenvalue weighted by Gasteiger charge is -2.02. The number of hydrogen-bond donors (Lipinski definition) is 0. The fourth-order valence-electron chi connectivity index (χ4n) is 0.930. The molecule has 0 aliphatic rings. The third kappa shape index (κ3) is 2.16. The predicted octanol–water partition coefficient (Wildman–Crippen LogP) is 3.76. The number of hydrogen-bond acceptors (Lipinski definition) is 4. The molecule has 0 saturated heterocycles. The molecule has 14 heavy (non-hydrogen) atoms. The molecule has 2 nitrogen and oxygen atoms in total. The van der Waals surface area contributed by atoms with Gasteiger partial charge in [-0.1, -0.05) is 0 Å². The molecule has 0 amide bonds. The molecule has 72 valence electrons. The van der Waals surface area contributed by atoms with Crippen molar-refractivity contribution in [3.8, 4) is 0 Å². The van der Waals surface area contributed by atoms with Gasteiger partial charge in [-0.05, 0) is 46.2 Å². The second-order valence-corrected chi connectivity index (χ2v) is 5.57. The van der Waals surface area contributed by atoms with Crippen molar-refractivity contribution < 1.29 is 0 Å². The van der Waals surface area contributed by atoms with E-state index in [1.54, 1.807) is 29.3 Å². The van der Waals surface area contributed by atoms with Crippen molar-refractivity contribution in [2.24, 2.45) is 0 Å². The maximum absolute atomic E-state index is 4.30. The van der Waals surface area contributed by atoms with Gasteiger partial charge in [0.15, 0.2) is 4.34 Å². The van der Waals surface area contributed by atoms with Crippen molar-refractivity contribution in [3.05, 3.63) is 33.9 Å². The summed E-state index contributed by atoms with van der Waals surface area (Å²) in [6.45, 7) is 2.05. The summed E-state index contributed by atoms with van der Waals surface area (Å²) in [7, 11) is 0. The van der Waals surface area contributed by atoms with Crippen LogP contribution in [-0.2, 0) is 0 Å². The van der Waals surface area contributed by atoms with Crippen molar-refractivity contribution in [1.82, 2.24) is 9.97 Å². The van der Waals surface area contributed by atoms with Crippen LogP contribution in [0.15, 0.2) is 37.7 Å². The average molecular weight is 287 g/mol. The normalized spacial score (nSPS) is 10.4.